The number of hydrogen-bond acceptors (Lipinski definition) is 5. The van der Waals surface area contributed by atoms with E-state index in [1.54, 1.807) is 20.8 Å². The highest BCUT2D eigenvalue weighted by Crippen LogP contribution is 2.36. The van der Waals surface area contributed by atoms with Gasteiger partial charge in [0.1, 0.15) is 23.1 Å². The predicted octanol–water partition coefficient (Wildman–Crippen LogP) is 5.35. The number of ether oxygens (including phenoxy) is 1. The molecule has 0 unspecified atom stereocenters. The summed E-state index contributed by atoms with van der Waals surface area (Å²) < 4.78 is 48.1. The van der Waals surface area contributed by atoms with Gasteiger partial charge < -0.3 is 10.1 Å². The maximum absolute atomic E-state index is 15.0. The highest BCUT2D eigenvalue weighted by molar-refractivity contribution is 6.36. The number of aromatic nitrogens is 2. The first-order valence-electron chi connectivity index (χ1n) is 9.00. The average Bonchev–Trinajstić information content (AvgIpc) is 2.67. The first-order chi connectivity index (χ1) is 14.5. The van der Waals surface area contributed by atoms with Crippen LogP contribution in [0, 0.1) is 11.6 Å². The quantitative estimate of drug-likeness (QED) is 0.555. The summed E-state index contributed by atoms with van der Waals surface area (Å²) in [6, 6.07) is 4.78. The number of fused-ring (bicyclic) bond motifs is 1. The lowest BCUT2D eigenvalue weighted by Gasteiger charge is -2.20. The van der Waals surface area contributed by atoms with Crippen LogP contribution in [-0.2, 0) is 11.5 Å². The number of benzene rings is 2. The van der Waals surface area contributed by atoms with Crippen LogP contribution >= 0.6 is 11.6 Å². The van der Waals surface area contributed by atoms with Crippen LogP contribution in [0.5, 0.6) is 0 Å². The molecule has 0 radical (unpaired) electrons. The van der Waals surface area contributed by atoms with Gasteiger partial charge in [0.2, 0.25) is 0 Å². The van der Waals surface area contributed by atoms with Crippen molar-refractivity contribution in [2.24, 2.45) is 0 Å². The van der Waals surface area contributed by atoms with Crippen molar-refractivity contribution >= 4 is 45.7 Å². The van der Waals surface area contributed by atoms with Gasteiger partial charge in [0.25, 0.3) is 5.56 Å². The fraction of sp³-hybridized carbons (Fsp3) is 0.250. The Morgan fingerprint density at radius 1 is 1.19 bits per heavy atom. The van der Waals surface area contributed by atoms with E-state index in [1.807, 2.05) is 0 Å². The van der Waals surface area contributed by atoms with Crippen molar-refractivity contribution in [3.8, 4) is 0 Å². The smallest absolute Gasteiger partial charge is 0.412 e. The van der Waals surface area contributed by atoms with E-state index in [0.29, 0.717) is 4.57 Å². The van der Waals surface area contributed by atoms with Gasteiger partial charge in [-0.3, -0.25) is 14.7 Å². The van der Waals surface area contributed by atoms with E-state index in [-0.39, 0.29) is 27.6 Å². The van der Waals surface area contributed by atoms with Crippen LogP contribution in [0.2, 0.25) is 5.02 Å². The zero-order chi connectivity index (χ0) is 22.9. The van der Waals surface area contributed by atoms with E-state index >= 15 is 0 Å². The number of nitrogens with zero attached hydrogens (tertiary/aromatic N) is 2. The van der Waals surface area contributed by atoms with Crippen molar-refractivity contribution in [2.45, 2.75) is 33.2 Å². The Kier molecular flexibility index (Phi) is 6.12. The van der Waals surface area contributed by atoms with Gasteiger partial charge in [0.15, 0.2) is 12.6 Å². The minimum atomic E-state index is -1.18. The number of carbonyl (C=O) groups excluding carboxylic acids is 1. The molecule has 0 saturated heterocycles. The second kappa shape index (κ2) is 8.46. The first-order valence-corrected chi connectivity index (χ1v) is 9.38. The van der Waals surface area contributed by atoms with Crippen LogP contribution in [0.15, 0.2) is 35.4 Å². The number of halogens is 4. The summed E-state index contributed by atoms with van der Waals surface area (Å²) in [7, 11) is 0. The van der Waals surface area contributed by atoms with Gasteiger partial charge in [-0.05, 0) is 45.0 Å². The molecule has 0 bridgehead atoms. The van der Waals surface area contributed by atoms with Crippen LogP contribution in [0.3, 0.4) is 0 Å². The number of amides is 1. The standard InChI is InChI=1S/C20H18ClF3N4O3/c1-20(2,3)31-19(30)27-12-5-4-10(23)17(15(12)21)26-13-7-6-11-14(16(13)24)18(29)28(8-22)9-25-11/h4-7,9,26H,8H2,1-3H3,(H,27,30). The van der Waals surface area contributed by atoms with Crippen molar-refractivity contribution in [2.75, 3.05) is 10.6 Å². The number of anilines is 3. The van der Waals surface area contributed by atoms with Crippen molar-refractivity contribution < 1.29 is 22.7 Å². The van der Waals surface area contributed by atoms with Gasteiger partial charge in [-0.15, -0.1) is 0 Å². The lowest BCUT2D eigenvalue weighted by molar-refractivity contribution is 0.0636. The Balaban J connectivity index is 2.00. The maximum Gasteiger partial charge on any atom is 0.412 e. The average molecular weight is 455 g/mol. The van der Waals surface area contributed by atoms with Gasteiger partial charge in [-0.25, -0.2) is 22.9 Å². The third-order valence-corrected chi connectivity index (χ3v) is 4.44. The third kappa shape index (κ3) is 4.74. The van der Waals surface area contributed by atoms with E-state index in [1.165, 1.54) is 18.2 Å². The van der Waals surface area contributed by atoms with E-state index < -0.39 is 41.1 Å². The number of carbonyl (C=O) groups is 1. The summed E-state index contributed by atoms with van der Waals surface area (Å²) in [5, 5.41) is 4.15. The van der Waals surface area contributed by atoms with Gasteiger partial charge in [0, 0.05) is 0 Å². The molecule has 1 heterocycles. The highest BCUT2D eigenvalue weighted by atomic mass is 35.5. The first kappa shape index (κ1) is 22.4. The molecule has 2 aromatic carbocycles. The molecule has 0 saturated carbocycles. The van der Waals surface area contributed by atoms with Crippen molar-refractivity contribution in [3.05, 3.63) is 57.6 Å². The van der Waals surface area contributed by atoms with Crippen molar-refractivity contribution in [3.63, 3.8) is 0 Å². The molecular formula is C20H18ClF3N4O3. The zero-order valence-electron chi connectivity index (χ0n) is 16.7. The summed E-state index contributed by atoms with van der Waals surface area (Å²) in [6.07, 6.45) is 0.140. The summed E-state index contributed by atoms with van der Waals surface area (Å²) in [5.41, 5.74) is -2.32. The molecule has 164 valence electrons. The predicted molar refractivity (Wildman–Crippen MR) is 112 cm³/mol. The van der Waals surface area contributed by atoms with E-state index in [0.717, 1.165) is 12.4 Å². The van der Waals surface area contributed by atoms with Crippen LogP contribution in [-0.4, -0.2) is 21.2 Å². The molecule has 0 spiro atoms. The van der Waals surface area contributed by atoms with Crippen molar-refractivity contribution in [1.29, 1.82) is 0 Å². The maximum atomic E-state index is 15.0. The molecule has 1 amide bonds. The van der Waals surface area contributed by atoms with E-state index in [4.69, 9.17) is 16.3 Å². The minimum Gasteiger partial charge on any atom is -0.444 e. The fourth-order valence-electron chi connectivity index (χ4n) is 2.70. The number of rotatable bonds is 4. The highest BCUT2D eigenvalue weighted by Gasteiger charge is 2.21. The number of nitrogens with one attached hydrogen (secondary N) is 2. The van der Waals surface area contributed by atoms with Crippen LogP contribution in [0.1, 0.15) is 20.8 Å². The Bertz CT molecular complexity index is 1220. The molecule has 3 rings (SSSR count). The van der Waals surface area contributed by atoms with Crippen LogP contribution < -0.4 is 16.2 Å². The normalized spacial score (nSPS) is 11.5. The van der Waals surface area contributed by atoms with Crippen LogP contribution in [0.4, 0.5) is 35.0 Å². The van der Waals surface area contributed by atoms with Gasteiger partial charge in [-0.1, -0.05) is 11.6 Å². The molecule has 31 heavy (non-hydrogen) atoms. The lowest BCUT2D eigenvalue weighted by Crippen LogP contribution is -2.27. The molecule has 11 heteroatoms. The molecule has 0 atom stereocenters. The minimum absolute atomic E-state index is 0.00432. The zero-order valence-corrected chi connectivity index (χ0v) is 17.5. The second-order valence-electron chi connectivity index (χ2n) is 7.50. The molecule has 0 fully saturated rings. The lowest BCUT2D eigenvalue weighted by atomic mass is 10.2. The molecule has 7 nitrogen and oxygen atoms in total. The molecule has 0 aliphatic heterocycles. The summed E-state index contributed by atoms with van der Waals surface area (Å²) in [5.74, 6) is -1.90. The van der Waals surface area contributed by atoms with Gasteiger partial charge in [0.05, 0.1) is 27.6 Å². The summed E-state index contributed by atoms with van der Waals surface area (Å²) >= 11 is 6.21. The molecular weight excluding hydrogens is 437 g/mol. The SMILES string of the molecule is CC(C)(C)OC(=O)Nc1ccc(F)c(Nc2ccc3ncn(CF)c(=O)c3c2F)c1Cl. The Hall–Kier alpha value is -3.27. The fourth-order valence-corrected chi connectivity index (χ4v) is 2.95. The molecule has 0 aliphatic carbocycles. The third-order valence-electron chi connectivity index (χ3n) is 4.05. The second-order valence-corrected chi connectivity index (χ2v) is 7.87. The number of hydrogen-bond donors (Lipinski definition) is 2. The van der Waals surface area contributed by atoms with Crippen LogP contribution in [0.25, 0.3) is 10.9 Å². The number of alkyl halides is 1. The summed E-state index contributed by atoms with van der Waals surface area (Å²) in [4.78, 5) is 28.1. The molecule has 1 aromatic heterocycles. The van der Waals surface area contributed by atoms with Gasteiger partial charge in [-0.2, -0.15) is 0 Å². The Morgan fingerprint density at radius 3 is 2.52 bits per heavy atom. The Morgan fingerprint density at radius 2 is 1.87 bits per heavy atom. The molecule has 2 N–H and O–H groups in total. The largest absolute Gasteiger partial charge is 0.444 e. The van der Waals surface area contributed by atoms with E-state index in [2.05, 4.69) is 15.6 Å². The topological polar surface area (TPSA) is 85.2 Å². The monoisotopic (exact) mass is 454 g/mol. The molecule has 0 aliphatic rings. The Labute approximate surface area is 179 Å². The molecule has 3 aromatic rings. The van der Waals surface area contributed by atoms with Gasteiger partial charge >= 0.3 is 6.09 Å². The van der Waals surface area contributed by atoms with E-state index in [9.17, 15) is 22.8 Å². The van der Waals surface area contributed by atoms with Crippen molar-refractivity contribution in [1.82, 2.24) is 9.55 Å². The summed E-state index contributed by atoms with van der Waals surface area (Å²) in [6.45, 7) is 3.82.